The van der Waals surface area contributed by atoms with E-state index in [0.29, 0.717) is 11.3 Å². The maximum absolute atomic E-state index is 12.7. The molecule has 1 aromatic carbocycles. The molecule has 1 heterocycles. The van der Waals surface area contributed by atoms with E-state index in [1.165, 1.54) is 6.42 Å². The molecule has 1 atom stereocenters. The second-order valence-electron chi connectivity index (χ2n) is 6.08. The summed E-state index contributed by atoms with van der Waals surface area (Å²) in [6, 6.07) is 7.32. The van der Waals surface area contributed by atoms with Crippen LogP contribution in [0.3, 0.4) is 0 Å². The first-order valence-electron chi connectivity index (χ1n) is 8.32. The molecule has 120 valence electrons. The number of hydrogen-bond acceptors (Lipinski definition) is 2. The Kier molecular flexibility index (Phi) is 5.99. The SMILES string of the molecule is CCC[C@@H](C)C(=O)Nc1ccccc1C(=O)N1CCCCC1. The van der Waals surface area contributed by atoms with E-state index < -0.39 is 0 Å². The second-order valence-corrected chi connectivity index (χ2v) is 6.08. The highest BCUT2D eigenvalue weighted by Gasteiger charge is 2.22. The molecular formula is C18H26N2O2. The van der Waals surface area contributed by atoms with Crippen LogP contribution in [0.4, 0.5) is 5.69 Å². The van der Waals surface area contributed by atoms with Crippen molar-refractivity contribution in [1.29, 1.82) is 0 Å². The van der Waals surface area contributed by atoms with Crippen LogP contribution in [0.1, 0.15) is 56.3 Å². The summed E-state index contributed by atoms with van der Waals surface area (Å²) in [5, 5.41) is 2.93. The molecule has 0 aromatic heterocycles. The molecule has 0 radical (unpaired) electrons. The van der Waals surface area contributed by atoms with Crippen LogP contribution in [0.25, 0.3) is 0 Å². The van der Waals surface area contributed by atoms with Crippen molar-refractivity contribution in [3.05, 3.63) is 29.8 Å². The van der Waals surface area contributed by atoms with Crippen molar-refractivity contribution in [2.45, 2.75) is 46.0 Å². The first-order chi connectivity index (χ1) is 10.6. The van der Waals surface area contributed by atoms with Gasteiger partial charge in [0.25, 0.3) is 5.91 Å². The van der Waals surface area contributed by atoms with Crippen molar-refractivity contribution < 1.29 is 9.59 Å². The maximum atomic E-state index is 12.7. The van der Waals surface area contributed by atoms with Gasteiger partial charge in [-0.3, -0.25) is 9.59 Å². The molecular weight excluding hydrogens is 276 g/mol. The lowest BCUT2D eigenvalue weighted by Gasteiger charge is -2.27. The van der Waals surface area contributed by atoms with Gasteiger partial charge in [0.1, 0.15) is 0 Å². The number of carbonyl (C=O) groups is 2. The minimum Gasteiger partial charge on any atom is -0.339 e. The number of piperidine rings is 1. The predicted octanol–water partition coefficient (Wildman–Crippen LogP) is 3.69. The summed E-state index contributed by atoms with van der Waals surface area (Å²) in [5.74, 6) is -0.0253. The van der Waals surface area contributed by atoms with Gasteiger partial charge in [-0.25, -0.2) is 0 Å². The van der Waals surface area contributed by atoms with Crippen LogP contribution in [0.5, 0.6) is 0 Å². The zero-order chi connectivity index (χ0) is 15.9. The molecule has 1 aromatic rings. The van der Waals surface area contributed by atoms with Gasteiger partial charge in [-0.1, -0.05) is 32.4 Å². The number of benzene rings is 1. The molecule has 4 nitrogen and oxygen atoms in total. The molecule has 0 saturated carbocycles. The Morgan fingerprint density at radius 1 is 1.18 bits per heavy atom. The van der Waals surface area contributed by atoms with Crippen molar-refractivity contribution in [2.24, 2.45) is 5.92 Å². The number of para-hydroxylation sites is 1. The summed E-state index contributed by atoms with van der Waals surface area (Å²) in [6.45, 7) is 5.62. The van der Waals surface area contributed by atoms with Gasteiger partial charge < -0.3 is 10.2 Å². The molecule has 0 spiro atoms. The summed E-state index contributed by atoms with van der Waals surface area (Å²) in [7, 11) is 0. The number of carbonyl (C=O) groups excluding carboxylic acids is 2. The number of nitrogens with one attached hydrogen (secondary N) is 1. The van der Waals surface area contributed by atoms with Crippen molar-refractivity contribution in [2.75, 3.05) is 18.4 Å². The van der Waals surface area contributed by atoms with Gasteiger partial charge in [0.2, 0.25) is 5.91 Å². The summed E-state index contributed by atoms with van der Waals surface area (Å²) < 4.78 is 0. The Morgan fingerprint density at radius 3 is 2.55 bits per heavy atom. The summed E-state index contributed by atoms with van der Waals surface area (Å²) in [4.78, 5) is 26.8. The van der Waals surface area contributed by atoms with Crippen LogP contribution in [0.2, 0.25) is 0 Å². The normalized spacial score (nSPS) is 16.2. The lowest BCUT2D eigenvalue weighted by atomic mass is 10.0. The molecule has 1 saturated heterocycles. The number of hydrogen-bond donors (Lipinski definition) is 1. The van der Waals surface area contributed by atoms with E-state index in [9.17, 15) is 9.59 Å². The smallest absolute Gasteiger partial charge is 0.255 e. The summed E-state index contributed by atoms with van der Waals surface area (Å²) >= 11 is 0. The highest BCUT2D eigenvalue weighted by Crippen LogP contribution is 2.21. The van der Waals surface area contributed by atoms with Crippen LogP contribution >= 0.6 is 0 Å². The molecule has 4 heteroatoms. The molecule has 1 aliphatic rings. The average Bonchev–Trinajstić information content (AvgIpc) is 2.55. The van der Waals surface area contributed by atoms with Gasteiger partial charge in [0.15, 0.2) is 0 Å². The monoisotopic (exact) mass is 302 g/mol. The third kappa shape index (κ3) is 4.09. The first-order valence-corrected chi connectivity index (χ1v) is 8.32. The topological polar surface area (TPSA) is 49.4 Å². The molecule has 0 bridgehead atoms. The van der Waals surface area contributed by atoms with E-state index in [0.717, 1.165) is 38.8 Å². The van der Waals surface area contributed by atoms with E-state index in [1.807, 2.05) is 30.0 Å². The molecule has 2 amide bonds. The highest BCUT2D eigenvalue weighted by atomic mass is 16.2. The number of rotatable bonds is 5. The molecule has 1 aliphatic heterocycles. The fourth-order valence-electron chi connectivity index (χ4n) is 2.87. The third-order valence-electron chi connectivity index (χ3n) is 4.23. The van der Waals surface area contributed by atoms with Gasteiger partial charge in [-0.05, 0) is 37.8 Å². The quantitative estimate of drug-likeness (QED) is 0.902. The zero-order valence-corrected chi connectivity index (χ0v) is 13.6. The molecule has 22 heavy (non-hydrogen) atoms. The lowest BCUT2D eigenvalue weighted by Crippen LogP contribution is -2.36. The fraction of sp³-hybridized carbons (Fsp3) is 0.556. The van der Waals surface area contributed by atoms with E-state index in [-0.39, 0.29) is 17.7 Å². The molecule has 0 unspecified atom stereocenters. The van der Waals surface area contributed by atoms with Crippen molar-refractivity contribution in [1.82, 2.24) is 4.90 Å². The number of likely N-dealkylation sites (tertiary alicyclic amines) is 1. The molecule has 0 aliphatic carbocycles. The number of nitrogens with zero attached hydrogens (tertiary/aromatic N) is 1. The Balaban J connectivity index is 2.12. The van der Waals surface area contributed by atoms with Crippen LogP contribution < -0.4 is 5.32 Å². The standard InChI is InChI=1S/C18H26N2O2/c1-3-9-14(2)17(21)19-16-11-6-5-10-15(16)18(22)20-12-7-4-8-13-20/h5-6,10-11,14H,3-4,7-9,12-13H2,1-2H3,(H,19,21)/t14-/m1/s1. The summed E-state index contributed by atoms with van der Waals surface area (Å²) in [5.41, 5.74) is 1.23. The molecule has 2 rings (SSSR count). The van der Waals surface area contributed by atoms with E-state index in [2.05, 4.69) is 12.2 Å². The molecule has 1 N–H and O–H groups in total. The Bertz CT molecular complexity index is 522. The van der Waals surface area contributed by atoms with E-state index in [1.54, 1.807) is 6.07 Å². The van der Waals surface area contributed by atoms with E-state index in [4.69, 9.17) is 0 Å². The minimum absolute atomic E-state index is 0.0132. The van der Waals surface area contributed by atoms with Gasteiger partial charge in [0.05, 0.1) is 11.3 Å². The minimum atomic E-state index is -0.0388. The largest absolute Gasteiger partial charge is 0.339 e. The predicted molar refractivity (Wildman–Crippen MR) is 88.9 cm³/mol. The number of amides is 2. The van der Waals surface area contributed by atoms with Crippen molar-refractivity contribution >= 4 is 17.5 Å². The van der Waals surface area contributed by atoms with Gasteiger partial charge in [-0.15, -0.1) is 0 Å². The second kappa shape index (κ2) is 7.97. The molecule has 1 fully saturated rings. The fourth-order valence-corrected chi connectivity index (χ4v) is 2.87. The van der Waals surface area contributed by atoms with Crippen LogP contribution in [0, 0.1) is 5.92 Å². The van der Waals surface area contributed by atoms with E-state index >= 15 is 0 Å². The Hall–Kier alpha value is -1.84. The van der Waals surface area contributed by atoms with Crippen LogP contribution in [-0.2, 0) is 4.79 Å². The Labute approximate surface area is 132 Å². The third-order valence-corrected chi connectivity index (χ3v) is 4.23. The average molecular weight is 302 g/mol. The number of anilines is 1. The van der Waals surface area contributed by atoms with Crippen LogP contribution in [-0.4, -0.2) is 29.8 Å². The zero-order valence-electron chi connectivity index (χ0n) is 13.6. The van der Waals surface area contributed by atoms with Gasteiger partial charge in [-0.2, -0.15) is 0 Å². The summed E-state index contributed by atoms with van der Waals surface area (Å²) in [6.07, 6.45) is 5.15. The van der Waals surface area contributed by atoms with Crippen LogP contribution in [0.15, 0.2) is 24.3 Å². The van der Waals surface area contributed by atoms with Crippen molar-refractivity contribution in [3.8, 4) is 0 Å². The highest BCUT2D eigenvalue weighted by molar-refractivity contribution is 6.04. The van der Waals surface area contributed by atoms with Gasteiger partial charge >= 0.3 is 0 Å². The Morgan fingerprint density at radius 2 is 1.86 bits per heavy atom. The lowest BCUT2D eigenvalue weighted by molar-refractivity contribution is -0.119. The van der Waals surface area contributed by atoms with Crippen molar-refractivity contribution in [3.63, 3.8) is 0 Å². The first kappa shape index (κ1) is 16.5. The van der Waals surface area contributed by atoms with Gasteiger partial charge in [0, 0.05) is 19.0 Å². The maximum Gasteiger partial charge on any atom is 0.255 e.